The van der Waals surface area contributed by atoms with E-state index in [0.29, 0.717) is 35.2 Å². The van der Waals surface area contributed by atoms with Gasteiger partial charge in [0.05, 0.1) is 5.69 Å². The summed E-state index contributed by atoms with van der Waals surface area (Å²) in [5.74, 6) is -0.300. The van der Waals surface area contributed by atoms with Crippen molar-refractivity contribution in [1.29, 1.82) is 0 Å². The summed E-state index contributed by atoms with van der Waals surface area (Å²) in [6.07, 6.45) is 6.08. The molecule has 176 valence electrons. The molecule has 3 heterocycles. The standard InChI is InChI=1S/C25H29F3N4O/c26-18-9-20(24(28)21(27)10-18)22-1-2-23(31-30-22)29-19-7-15-12-32(13-16(15)8-19)14-17-11-25(17)3-5-33-6-4-25/h1-2,9-10,15-17,19H,3-8,11-14H2,(H,29,31)/t15-,16+,17?,19?. The Hall–Kier alpha value is -2.19. The largest absolute Gasteiger partial charge is 0.381 e. The van der Waals surface area contributed by atoms with Gasteiger partial charge < -0.3 is 15.0 Å². The van der Waals surface area contributed by atoms with Gasteiger partial charge in [0.25, 0.3) is 0 Å². The second kappa shape index (κ2) is 8.24. The van der Waals surface area contributed by atoms with E-state index in [9.17, 15) is 13.2 Å². The number of anilines is 1. The number of hydrogen-bond acceptors (Lipinski definition) is 5. The van der Waals surface area contributed by atoms with Crippen molar-refractivity contribution in [3.05, 3.63) is 41.7 Å². The van der Waals surface area contributed by atoms with Gasteiger partial charge in [0.15, 0.2) is 11.6 Å². The Morgan fingerprint density at radius 3 is 2.48 bits per heavy atom. The van der Waals surface area contributed by atoms with Crippen LogP contribution in [-0.2, 0) is 4.74 Å². The Morgan fingerprint density at radius 1 is 1.03 bits per heavy atom. The Balaban J connectivity index is 1.02. The lowest BCUT2D eigenvalue weighted by molar-refractivity contribution is 0.0497. The lowest BCUT2D eigenvalue weighted by atomic mass is 9.94. The van der Waals surface area contributed by atoms with Crippen molar-refractivity contribution in [1.82, 2.24) is 15.1 Å². The molecule has 4 fully saturated rings. The van der Waals surface area contributed by atoms with Crippen molar-refractivity contribution in [2.45, 2.75) is 38.1 Å². The summed E-state index contributed by atoms with van der Waals surface area (Å²) in [5, 5.41) is 11.6. The molecule has 2 unspecified atom stereocenters. The molecule has 4 atom stereocenters. The molecule has 2 aromatic rings. The molecule has 1 aromatic heterocycles. The minimum absolute atomic E-state index is 0.109. The fourth-order valence-electron chi connectivity index (χ4n) is 6.56. The van der Waals surface area contributed by atoms with Crippen LogP contribution in [0.5, 0.6) is 0 Å². The fraction of sp³-hybridized carbons (Fsp3) is 0.600. The van der Waals surface area contributed by atoms with Crippen LogP contribution < -0.4 is 5.32 Å². The first kappa shape index (κ1) is 21.4. The van der Waals surface area contributed by atoms with Crippen LogP contribution in [0.15, 0.2) is 24.3 Å². The van der Waals surface area contributed by atoms with Gasteiger partial charge in [0, 0.05) is 50.5 Å². The molecule has 1 N–H and O–H groups in total. The van der Waals surface area contributed by atoms with E-state index in [2.05, 4.69) is 20.4 Å². The molecule has 1 aromatic carbocycles. The summed E-state index contributed by atoms with van der Waals surface area (Å²) in [5.41, 5.74) is 0.475. The van der Waals surface area contributed by atoms with Crippen molar-refractivity contribution in [3.63, 3.8) is 0 Å². The molecule has 4 aliphatic rings. The zero-order chi connectivity index (χ0) is 22.6. The molecule has 8 heteroatoms. The molecular weight excluding hydrogens is 429 g/mol. The maximum Gasteiger partial charge on any atom is 0.168 e. The highest BCUT2D eigenvalue weighted by Gasteiger charge is 2.55. The summed E-state index contributed by atoms with van der Waals surface area (Å²) in [6.45, 7) is 5.48. The zero-order valence-electron chi connectivity index (χ0n) is 18.6. The van der Waals surface area contributed by atoms with Gasteiger partial charge in [-0.3, -0.25) is 0 Å². The summed E-state index contributed by atoms with van der Waals surface area (Å²) in [4.78, 5) is 2.68. The molecular formula is C25H29F3N4O. The van der Waals surface area contributed by atoms with E-state index in [-0.39, 0.29) is 11.3 Å². The highest BCUT2D eigenvalue weighted by Crippen LogP contribution is 2.59. The van der Waals surface area contributed by atoms with E-state index in [4.69, 9.17) is 4.74 Å². The summed E-state index contributed by atoms with van der Waals surface area (Å²) >= 11 is 0. The number of rotatable bonds is 5. The number of nitrogens with zero attached hydrogens (tertiary/aromatic N) is 3. The van der Waals surface area contributed by atoms with Crippen molar-refractivity contribution in [2.75, 3.05) is 38.2 Å². The van der Waals surface area contributed by atoms with Crippen LogP contribution >= 0.6 is 0 Å². The Labute approximate surface area is 191 Å². The molecule has 2 saturated carbocycles. The van der Waals surface area contributed by atoms with Crippen LogP contribution in [0, 0.1) is 40.6 Å². The van der Waals surface area contributed by atoms with Crippen LogP contribution in [0.25, 0.3) is 11.3 Å². The molecule has 6 rings (SSSR count). The Bertz CT molecular complexity index is 1010. The van der Waals surface area contributed by atoms with E-state index < -0.39 is 17.5 Å². The molecule has 2 aliphatic heterocycles. The minimum Gasteiger partial charge on any atom is -0.381 e. The van der Waals surface area contributed by atoms with Gasteiger partial charge in [-0.2, -0.15) is 0 Å². The lowest BCUT2D eigenvalue weighted by Gasteiger charge is -2.25. The smallest absolute Gasteiger partial charge is 0.168 e. The van der Waals surface area contributed by atoms with Crippen LogP contribution in [0.3, 0.4) is 0 Å². The quantitative estimate of drug-likeness (QED) is 0.669. The zero-order valence-corrected chi connectivity index (χ0v) is 18.6. The monoisotopic (exact) mass is 458 g/mol. The van der Waals surface area contributed by atoms with Gasteiger partial charge in [-0.1, -0.05) is 0 Å². The molecule has 0 amide bonds. The highest BCUT2D eigenvalue weighted by atomic mass is 19.2. The van der Waals surface area contributed by atoms with Gasteiger partial charge in [0.2, 0.25) is 0 Å². The van der Waals surface area contributed by atoms with Crippen LogP contribution in [-0.4, -0.2) is 54.0 Å². The minimum atomic E-state index is -1.23. The van der Waals surface area contributed by atoms with Gasteiger partial charge in [-0.15, -0.1) is 10.2 Å². The second-order valence-electron chi connectivity index (χ2n) is 10.5. The van der Waals surface area contributed by atoms with E-state index in [1.807, 2.05) is 0 Å². The fourth-order valence-corrected chi connectivity index (χ4v) is 6.56. The Kier molecular flexibility index (Phi) is 5.33. The third-order valence-electron chi connectivity index (χ3n) is 8.44. The van der Waals surface area contributed by atoms with E-state index >= 15 is 0 Å². The first-order valence-corrected chi connectivity index (χ1v) is 12.0. The third kappa shape index (κ3) is 4.12. The van der Waals surface area contributed by atoms with Gasteiger partial charge in [-0.05, 0) is 73.5 Å². The van der Waals surface area contributed by atoms with Crippen molar-refractivity contribution >= 4 is 5.82 Å². The number of likely N-dealkylation sites (tertiary alicyclic amines) is 1. The first-order chi connectivity index (χ1) is 16.0. The number of nitrogens with one attached hydrogen (secondary N) is 1. The summed E-state index contributed by atoms with van der Waals surface area (Å²) < 4.78 is 46.5. The van der Waals surface area contributed by atoms with Gasteiger partial charge in [0.1, 0.15) is 11.6 Å². The average Bonchev–Trinajstić information content (AvgIpc) is 3.10. The molecule has 5 nitrogen and oxygen atoms in total. The highest BCUT2D eigenvalue weighted by molar-refractivity contribution is 5.60. The van der Waals surface area contributed by atoms with Crippen molar-refractivity contribution < 1.29 is 17.9 Å². The van der Waals surface area contributed by atoms with Crippen LogP contribution in [0.4, 0.5) is 19.0 Å². The second-order valence-corrected chi connectivity index (χ2v) is 10.5. The van der Waals surface area contributed by atoms with Crippen molar-refractivity contribution in [3.8, 4) is 11.3 Å². The van der Waals surface area contributed by atoms with Gasteiger partial charge in [-0.25, -0.2) is 13.2 Å². The SMILES string of the molecule is Fc1cc(F)c(F)c(-c2ccc(NC3C[C@@H]4CN(CC5CC56CCOCC6)C[C@@H]4C3)nn2)c1. The molecule has 0 bridgehead atoms. The molecule has 0 radical (unpaired) electrons. The lowest BCUT2D eigenvalue weighted by Crippen LogP contribution is -2.29. The normalized spacial score (nSPS) is 30.5. The predicted octanol–water partition coefficient (Wildman–Crippen LogP) is 4.50. The summed E-state index contributed by atoms with van der Waals surface area (Å²) in [7, 11) is 0. The number of hydrogen-bond donors (Lipinski definition) is 1. The summed E-state index contributed by atoms with van der Waals surface area (Å²) in [6, 6.07) is 5.05. The number of benzene rings is 1. The van der Waals surface area contributed by atoms with Gasteiger partial charge >= 0.3 is 0 Å². The number of fused-ring (bicyclic) bond motifs is 1. The van der Waals surface area contributed by atoms with E-state index in [1.165, 1.54) is 38.9 Å². The van der Waals surface area contributed by atoms with E-state index in [0.717, 1.165) is 38.0 Å². The topological polar surface area (TPSA) is 50.3 Å². The van der Waals surface area contributed by atoms with Crippen LogP contribution in [0.2, 0.25) is 0 Å². The maximum absolute atomic E-state index is 14.0. The molecule has 1 spiro atoms. The Morgan fingerprint density at radius 2 is 1.79 bits per heavy atom. The molecule has 2 saturated heterocycles. The van der Waals surface area contributed by atoms with Crippen LogP contribution in [0.1, 0.15) is 32.1 Å². The number of ether oxygens (including phenoxy) is 1. The molecule has 33 heavy (non-hydrogen) atoms. The van der Waals surface area contributed by atoms with Crippen molar-refractivity contribution in [2.24, 2.45) is 23.2 Å². The average molecular weight is 459 g/mol. The van der Waals surface area contributed by atoms with E-state index in [1.54, 1.807) is 12.1 Å². The first-order valence-electron chi connectivity index (χ1n) is 12.0. The number of aromatic nitrogens is 2. The molecule has 2 aliphatic carbocycles. The number of halogens is 3. The predicted molar refractivity (Wildman–Crippen MR) is 118 cm³/mol. The maximum atomic E-state index is 14.0. The third-order valence-corrected chi connectivity index (χ3v) is 8.44.